The molecule has 1 N–H and O–H groups in total. The van der Waals surface area contributed by atoms with Crippen molar-refractivity contribution in [2.45, 2.75) is 6.92 Å². The van der Waals surface area contributed by atoms with Crippen LogP contribution >= 0.6 is 0 Å². The molecule has 5 nitrogen and oxygen atoms in total. The monoisotopic (exact) mass is 193 g/mol. The summed E-state index contributed by atoms with van der Waals surface area (Å²) in [5, 5.41) is 2.17. The molecule has 0 aliphatic rings. The summed E-state index contributed by atoms with van der Waals surface area (Å²) in [5.74, 6) is -1.43. The Balaban J connectivity index is 3.84. The molecule has 0 saturated heterocycles. The second kappa shape index (κ2) is 4.20. The van der Waals surface area contributed by atoms with Crippen molar-refractivity contribution in [2.75, 3.05) is 18.6 Å². The van der Waals surface area contributed by atoms with Gasteiger partial charge in [0.15, 0.2) is 9.84 Å². The third kappa shape index (κ3) is 7.20. The van der Waals surface area contributed by atoms with Crippen molar-refractivity contribution in [1.82, 2.24) is 5.32 Å². The fourth-order valence-electron chi connectivity index (χ4n) is 0.512. The number of carbonyl (C=O) groups excluding carboxylic acids is 2. The predicted octanol–water partition coefficient (Wildman–Crippen LogP) is -1.26. The van der Waals surface area contributed by atoms with Crippen LogP contribution in [0, 0.1) is 0 Å². The minimum Gasteiger partial charge on any atom is -0.348 e. The van der Waals surface area contributed by atoms with Gasteiger partial charge in [0.1, 0.15) is 11.5 Å². The quantitative estimate of drug-likeness (QED) is 0.604. The van der Waals surface area contributed by atoms with E-state index in [1.807, 2.05) is 0 Å². The van der Waals surface area contributed by atoms with E-state index in [1.165, 1.54) is 6.92 Å². The summed E-state index contributed by atoms with van der Waals surface area (Å²) in [5.41, 5.74) is 0. The van der Waals surface area contributed by atoms with Crippen LogP contribution in [0.2, 0.25) is 0 Å². The van der Waals surface area contributed by atoms with Gasteiger partial charge in [0, 0.05) is 6.26 Å². The summed E-state index contributed by atoms with van der Waals surface area (Å²) < 4.78 is 21.1. The molecule has 0 fully saturated rings. The van der Waals surface area contributed by atoms with E-state index in [0.29, 0.717) is 0 Å². The van der Waals surface area contributed by atoms with Gasteiger partial charge in [0.2, 0.25) is 5.91 Å². The second-order valence-corrected chi connectivity index (χ2v) is 4.69. The third-order valence-corrected chi connectivity index (χ3v) is 1.71. The van der Waals surface area contributed by atoms with Crippen LogP contribution in [-0.4, -0.2) is 38.7 Å². The predicted molar refractivity (Wildman–Crippen MR) is 43.4 cm³/mol. The summed E-state index contributed by atoms with van der Waals surface area (Å²) in [6, 6.07) is 0. The molecule has 1 amide bonds. The summed E-state index contributed by atoms with van der Waals surface area (Å²) >= 11 is 0. The molecule has 0 aromatic carbocycles. The van der Waals surface area contributed by atoms with Crippen LogP contribution in [0.4, 0.5) is 0 Å². The van der Waals surface area contributed by atoms with Gasteiger partial charge in [0.25, 0.3) is 0 Å². The molecule has 0 spiro atoms. The molecule has 0 radical (unpaired) electrons. The Morgan fingerprint density at radius 1 is 1.33 bits per heavy atom. The van der Waals surface area contributed by atoms with Gasteiger partial charge < -0.3 is 5.32 Å². The molecule has 0 saturated carbocycles. The fourth-order valence-corrected chi connectivity index (χ4v) is 1.09. The van der Waals surface area contributed by atoms with Crippen LogP contribution in [0.3, 0.4) is 0 Å². The zero-order valence-corrected chi connectivity index (χ0v) is 7.77. The molecule has 0 aromatic heterocycles. The average Bonchev–Trinajstić information content (AvgIpc) is 1.79. The van der Waals surface area contributed by atoms with E-state index in [9.17, 15) is 18.0 Å². The molecule has 0 heterocycles. The maximum Gasteiger partial charge on any atom is 0.235 e. The standard InChI is InChI=1S/C6H11NO4S/c1-5(8)3-7-6(9)4-12(2,10)11/h3-4H2,1-2H3,(H,7,9). The number of Topliss-reactive ketones (excluding diaryl/α,β-unsaturated/α-hetero) is 1. The van der Waals surface area contributed by atoms with E-state index in [-0.39, 0.29) is 12.3 Å². The van der Waals surface area contributed by atoms with Gasteiger partial charge >= 0.3 is 0 Å². The highest BCUT2D eigenvalue weighted by Gasteiger charge is 2.10. The highest BCUT2D eigenvalue weighted by atomic mass is 32.2. The molecule has 70 valence electrons. The number of nitrogens with one attached hydrogen (secondary N) is 1. The van der Waals surface area contributed by atoms with Gasteiger partial charge in [-0.05, 0) is 6.92 Å². The zero-order valence-electron chi connectivity index (χ0n) is 6.96. The summed E-state index contributed by atoms with van der Waals surface area (Å²) in [7, 11) is -3.29. The van der Waals surface area contributed by atoms with Crippen LogP contribution in [0.5, 0.6) is 0 Å². The lowest BCUT2D eigenvalue weighted by Gasteiger charge is -1.99. The number of sulfone groups is 1. The van der Waals surface area contributed by atoms with Gasteiger partial charge in [-0.15, -0.1) is 0 Å². The molecule has 0 bridgehead atoms. The Bertz CT molecular complexity index is 280. The maximum atomic E-state index is 10.7. The van der Waals surface area contributed by atoms with Gasteiger partial charge in [0.05, 0.1) is 6.54 Å². The first kappa shape index (κ1) is 11.1. The SMILES string of the molecule is CC(=O)CNC(=O)CS(C)(=O)=O. The molecule has 0 unspecified atom stereocenters. The number of rotatable bonds is 4. The lowest BCUT2D eigenvalue weighted by Crippen LogP contribution is -2.33. The van der Waals surface area contributed by atoms with Gasteiger partial charge in [-0.2, -0.15) is 0 Å². The normalized spacial score (nSPS) is 10.8. The Kier molecular flexibility index (Phi) is 3.88. The number of hydrogen-bond donors (Lipinski definition) is 1. The Morgan fingerprint density at radius 3 is 2.17 bits per heavy atom. The van der Waals surface area contributed by atoms with Crippen molar-refractivity contribution < 1.29 is 18.0 Å². The van der Waals surface area contributed by atoms with Crippen molar-refractivity contribution in [3.8, 4) is 0 Å². The average molecular weight is 193 g/mol. The highest BCUT2D eigenvalue weighted by molar-refractivity contribution is 7.91. The smallest absolute Gasteiger partial charge is 0.235 e. The largest absolute Gasteiger partial charge is 0.348 e. The first-order valence-corrected chi connectivity index (χ1v) is 5.31. The van der Waals surface area contributed by atoms with Crippen LogP contribution in [0.25, 0.3) is 0 Å². The van der Waals surface area contributed by atoms with Crippen molar-refractivity contribution in [1.29, 1.82) is 0 Å². The molecule has 0 rings (SSSR count). The topological polar surface area (TPSA) is 80.3 Å². The first-order valence-electron chi connectivity index (χ1n) is 3.25. The molecule has 0 aliphatic carbocycles. The lowest BCUT2D eigenvalue weighted by molar-refractivity contribution is -0.122. The van der Waals surface area contributed by atoms with Crippen molar-refractivity contribution in [3.63, 3.8) is 0 Å². The van der Waals surface area contributed by atoms with Crippen LogP contribution < -0.4 is 5.32 Å². The lowest BCUT2D eigenvalue weighted by atomic mass is 10.4. The van der Waals surface area contributed by atoms with E-state index >= 15 is 0 Å². The summed E-state index contributed by atoms with van der Waals surface area (Å²) in [4.78, 5) is 21.1. The van der Waals surface area contributed by atoms with E-state index in [2.05, 4.69) is 5.32 Å². The molecular formula is C6H11NO4S. The number of ketones is 1. The van der Waals surface area contributed by atoms with E-state index in [0.717, 1.165) is 6.26 Å². The fraction of sp³-hybridized carbons (Fsp3) is 0.667. The minimum absolute atomic E-state index is 0.117. The van der Waals surface area contributed by atoms with Crippen LogP contribution in [0.15, 0.2) is 0 Å². The Morgan fingerprint density at radius 2 is 1.83 bits per heavy atom. The van der Waals surface area contributed by atoms with Gasteiger partial charge in [-0.25, -0.2) is 8.42 Å². The van der Waals surface area contributed by atoms with Gasteiger partial charge in [-0.1, -0.05) is 0 Å². The summed E-state index contributed by atoms with van der Waals surface area (Å²) in [6.45, 7) is 1.19. The minimum atomic E-state index is -3.29. The molecule has 0 aromatic rings. The van der Waals surface area contributed by atoms with Crippen LogP contribution in [0.1, 0.15) is 6.92 Å². The molecule has 0 aliphatic heterocycles. The Labute approximate surface area is 71.1 Å². The zero-order chi connectivity index (χ0) is 9.78. The first-order chi connectivity index (χ1) is 5.31. The summed E-state index contributed by atoms with van der Waals surface area (Å²) in [6.07, 6.45) is 0.959. The Hall–Kier alpha value is -0.910. The number of carbonyl (C=O) groups is 2. The van der Waals surface area contributed by atoms with Crippen LogP contribution in [-0.2, 0) is 19.4 Å². The van der Waals surface area contributed by atoms with E-state index < -0.39 is 21.5 Å². The number of hydrogen-bond acceptors (Lipinski definition) is 4. The van der Waals surface area contributed by atoms with Crippen molar-refractivity contribution in [3.05, 3.63) is 0 Å². The maximum absolute atomic E-state index is 10.7. The number of amides is 1. The van der Waals surface area contributed by atoms with Crippen molar-refractivity contribution >= 4 is 21.5 Å². The van der Waals surface area contributed by atoms with Crippen molar-refractivity contribution in [2.24, 2.45) is 0 Å². The van der Waals surface area contributed by atoms with Gasteiger partial charge in [-0.3, -0.25) is 9.59 Å². The molecule has 6 heteroatoms. The molecule has 12 heavy (non-hydrogen) atoms. The molecule has 0 atom stereocenters. The van der Waals surface area contributed by atoms with E-state index in [4.69, 9.17) is 0 Å². The third-order valence-electron chi connectivity index (χ3n) is 0.928. The second-order valence-electron chi connectivity index (χ2n) is 2.55. The molecular weight excluding hydrogens is 182 g/mol. The van der Waals surface area contributed by atoms with E-state index in [1.54, 1.807) is 0 Å². The highest BCUT2D eigenvalue weighted by Crippen LogP contribution is 1.81.